The number of ether oxygens (including phenoxy) is 2. The molecular formula is C18H15Cl2NO2. The predicted molar refractivity (Wildman–Crippen MR) is 93.1 cm³/mol. The summed E-state index contributed by atoms with van der Waals surface area (Å²) in [5.74, 6) is 1.24. The average molecular weight is 348 g/mol. The van der Waals surface area contributed by atoms with Crippen molar-refractivity contribution in [3.05, 3.63) is 63.6 Å². The van der Waals surface area contributed by atoms with E-state index in [-0.39, 0.29) is 0 Å². The maximum absolute atomic E-state index is 8.60. The number of hydrogen-bond donors (Lipinski definition) is 0. The van der Waals surface area contributed by atoms with Gasteiger partial charge in [-0.1, -0.05) is 35.3 Å². The largest absolute Gasteiger partial charge is 0.490 e. The van der Waals surface area contributed by atoms with Crippen molar-refractivity contribution in [1.29, 1.82) is 5.26 Å². The number of allylic oxidation sites excluding steroid dienone is 1. The maximum Gasteiger partial charge on any atom is 0.161 e. The Morgan fingerprint density at radius 3 is 2.61 bits per heavy atom. The number of hydrogen-bond acceptors (Lipinski definition) is 3. The van der Waals surface area contributed by atoms with Gasteiger partial charge in [-0.2, -0.15) is 5.26 Å². The van der Waals surface area contributed by atoms with Crippen LogP contribution < -0.4 is 9.47 Å². The molecule has 0 bridgehead atoms. The molecule has 0 atom stereocenters. The first-order valence-corrected chi connectivity index (χ1v) is 7.79. The summed E-state index contributed by atoms with van der Waals surface area (Å²) in [5, 5.41) is 9.74. The molecule has 3 nitrogen and oxygen atoms in total. The average Bonchev–Trinajstić information content (AvgIpc) is 2.53. The molecule has 23 heavy (non-hydrogen) atoms. The second-order valence-corrected chi connectivity index (χ2v) is 5.47. The van der Waals surface area contributed by atoms with Gasteiger partial charge in [-0.3, -0.25) is 0 Å². The van der Waals surface area contributed by atoms with Gasteiger partial charge in [0, 0.05) is 21.7 Å². The van der Waals surface area contributed by atoms with Gasteiger partial charge in [-0.25, -0.2) is 0 Å². The van der Waals surface area contributed by atoms with Crippen LogP contribution in [-0.2, 0) is 6.61 Å². The highest BCUT2D eigenvalue weighted by Crippen LogP contribution is 2.31. The number of rotatable bonds is 6. The summed E-state index contributed by atoms with van der Waals surface area (Å²) in [6.45, 7) is 2.73. The van der Waals surface area contributed by atoms with E-state index in [0.29, 0.717) is 34.8 Å². The molecule has 0 radical (unpaired) electrons. The fourth-order valence-corrected chi connectivity index (χ4v) is 2.41. The van der Waals surface area contributed by atoms with Gasteiger partial charge in [0.15, 0.2) is 11.5 Å². The second-order valence-electron chi connectivity index (χ2n) is 4.63. The van der Waals surface area contributed by atoms with Crippen molar-refractivity contribution < 1.29 is 9.47 Å². The Morgan fingerprint density at radius 1 is 1.09 bits per heavy atom. The second kappa shape index (κ2) is 8.47. The van der Waals surface area contributed by atoms with Gasteiger partial charge in [0.1, 0.15) is 6.61 Å². The molecular weight excluding hydrogens is 333 g/mol. The van der Waals surface area contributed by atoms with Crippen molar-refractivity contribution in [2.24, 2.45) is 0 Å². The molecule has 2 rings (SSSR count). The summed E-state index contributed by atoms with van der Waals surface area (Å²) in [6.07, 6.45) is 3.13. The van der Waals surface area contributed by atoms with Gasteiger partial charge in [-0.15, -0.1) is 0 Å². The molecule has 0 heterocycles. The topological polar surface area (TPSA) is 42.2 Å². The molecule has 0 aliphatic rings. The van der Waals surface area contributed by atoms with Crippen LogP contribution in [0.15, 0.2) is 42.5 Å². The Hall–Kier alpha value is -2.15. The lowest BCUT2D eigenvalue weighted by molar-refractivity contribution is 0.269. The van der Waals surface area contributed by atoms with E-state index in [1.807, 2.05) is 37.3 Å². The van der Waals surface area contributed by atoms with Crippen molar-refractivity contribution in [3.63, 3.8) is 0 Å². The molecule has 0 saturated carbocycles. The number of halogens is 2. The Bertz CT molecular complexity index is 751. The molecule has 0 aliphatic carbocycles. The summed E-state index contributed by atoms with van der Waals surface area (Å²) in [6, 6.07) is 12.7. The number of nitriles is 1. The summed E-state index contributed by atoms with van der Waals surface area (Å²) < 4.78 is 11.4. The Morgan fingerprint density at radius 2 is 1.91 bits per heavy atom. The van der Waals surface area contributed by atoms with E-state index < -0.39 is 0 Å². The Kier molecular flexibility index (Phi) is 6.34. The minimum Gasteiger partial charge on any atom is -0.490 e. The van der Waals surface area contributed by atoms with Crippen LogP contribution in [0.1, 0.15) is 18.1 Å². The molecule has 118 valence electrons. The molecule has 0 N–H and O–H groups in total. The van der Waals surface area contributed by atoms with E-state index >= 15 is 0 Å². The molecule has 2 aromatic carbocycles. The number of benzene rings is 2. The zero-order valence-corrected chi connectivity index (χ0v) is 14.1. The zero-order chi connectivity index (χ0) is 16.7. The molecule has 0 spiro atoms. The highest BCUT2D eigenvalue weighted by molar-refractivity contribution is 6.35. The van der Waals surface area contributed by atoms with E-state index in [2.05, 4.69) is 0 Å². The first kappa shape index (κ1) is 17.2. The fourth-order valence-electron chi connectivity index (χ4n) is 1.94. The van der Waals surface area contributed by atoms with Crippen molar-refractivity contribution in [2.75, 3.05) is 6.61 Å². The van der Waals surface area contributed by atoms with Crippen LogP contribution in [0, 0.1) is 11.3 Å². The van der Waals surface area contributed by atoms with E-state index in [9.17, 15) is 0 Å². The molecule has 0 aromatic heterocycles. The first-order chi connectivity index (χ1) is 11.1. The van der Waals surface area contributed by atoms with Crippen molar-refractivity contribution >= 4 is 29.3 Å². The third-order valence-electron chi connectivity index (χ3n) is 3.02. The van der Waals surface area contributed by atoms with Crippen LogP contribution in [0.25, 0.3) is 6.08 Å². The zero-order valence-electron chi connectivity index (χ0n) is 12.6. The van der Waals surface area contributed by atoms with Crippen LogP contribution in [0.5, 0.6) is 11.5 Å². The minimum atomic E-state index is 0.309. The smallest absolute Gasteiger partial charge is 0.161 e. The van der Waals surface area contributed by atoms with E-state index in [0.717, 1.165) is 11.1 Å². The van der Waals surface area contributed by atoms with Crippen LogP contribution in [0.3, 0.4) is 0 Å². The highest BCUT2D eigenvalue weighted by Gasteiger charge is 2.08. The summed E-state index contributed by atoms with van der Waals surface area (Å²) >= 11 is 12.0. The predicted octanol–water partition coefficient (Wildman–Crippen LogP) is 5.51. The summed E-state index contributed by atoms with van der Waals surface area (Å²) in [4.78, 5) is 0. The number of nitrogens with zero attached hydrogens (tertiary/aromatic N) is 1. The normalized spacial score (nSPS) is 10.5. The van der Waals surface area contributed by atoms with Gasteiger partial charge in [-0.05, 0) is 42.8 Å². The third kappa shape index (κ3) is 4.92. The van der Waals surface area contributed by atoms with E-state index in [1.165, 1.54) is 6.08 Å². The quantitative estimate of drug-likeness (QED) is 0.647. The molecule has 0 fully saturated rings. The lowest BCUT2D eigenvalue weighted by Crippen LogP contribution is -2.00. The first-order valence-electron chi connectivity index (χ1n) is 7.03. The van der Waals surface area contributed by atoms with Gasteiger partial charge >= 0.3 is 0 Å². The fraction of sp³-hybridized carbons (Fsp3) is 0.167. The molecule has 2 aromatic rings. The van der Waals surface area contributed by atoms with Crippen LogP contribution in [0.4, 0.5) is 0 Å². The lowest BCUT2D eigenvalue weighted by Gasteiger charge is -2.13. The molecule has 0 unspecified atom stereocenters. The van der Waals surface area contributed by atoms with Crippen molar-refractivity contribution in [1.82, 2.24) is 0 Å². The van der Waals surface area contributed by atoms with Gasteiger partial charge in [0.2, 0.25) is 0 Å². The monoisotopic (exact) mass is 347 g/mol. The van der Waals surface area contributed by atoms with Crippen LogP contribution in [-0.4, -0.2) is 6.61 Å². The molecule has 0 aliphatic heterocycles. The van der Waals surface area contributed by atoms with Crippen LogP contribution in [0.2, 0.25) is 10.0 Å². The van der Waals surface area contributed by atoms with E-state index in [4.69, 9.17) is 37.9 Å². The molecule has 0 saturated heterocycles. The third-order valence-corrected chi connectivity index (χ3v) is 3.60. The standard InChI is InChI=1S/C18H15Cl2NO2/c1-2-22-18-10-13(4-3-9-21)5-8-17(18)23-12-14-6-7-15(19)11-16(14)20/h3-8,10-11H,2,12H2,1H3. The van der Waals surface area contributed by atoms with E-state index in [1.54, 1.807) is 18.2 Å². The minimum absolute atomic E-state index is 0.309. The molecule has 5 heteroatoms. The van der Waals surface area contributed by atoms with Crippen molar-refractivity contribution in [2.45, 2.75) is 13.5 Å². The van der Waals surface area contributed by atoms with Gasteiger partial charge in [0.05, 0.1) is 12.7 Å². The lowest BCUT2D eigenvalue weighted by atomic mass is 10.2. The molecule has 0 amide bonds. The Labute approximate surface area is 145 Å². The SMILES string of the molecule is CCOc1cc(C=CC#N)ccc1OCc1ccc(Cl)cc1Cl. The summed E-state index contributed by atoms with van der Waals surface area (Å²) in [5.41, 5.74) is 1.71. The van der Waals surface area contributed by atoms with Crippen LogP contribution >= 0.6 is 23.2 Å². The van der Waals surface area contributed by atoms with Gasteiger partial charge in [0.25, 0.3) is 0 Å². The highest BCUT2D eigenvalue weighted by atomic mass is 35.5. The maximum atomic E-state index is 8.60. The van der Waals surface area contributed by atoms with Gasteiger partial charge < -0.3 is 9.47 Å². The Balaban J connectivity index is 2.18. The summed E-state index contributed by atoms with van der Waals surface area (Å²) in [7, 11) is 0. The van der Waals surface area contributed by atoms with Crippen molar-refractivity contribution in [3.8, 4) is 17.6 Å².